The fraction of sp³-hybridized carbons (Fsp3) is 0.125. The van der Waals surface area contributed by atoms with Crippen molar-refractivity contribution in [3.05, 3.63) is 57.7 Å². The van der Waals surface area contributed by atoms with Crippen molar-refractivity contribution < 1.29 is 8.42 Å². The molecule has 0 amide bonds. The Morgan fingerprint density at radius 1 is 0.958 bits per heavy atom. The second-order valence-corrected chi connectivity index (χ2v) is 7.83. The summed E-state index contributed by atoms with van der Waals surface area (Å²) in [5.74, 6) is -0.0209. The molecule has 3 rings (SSSR count). The van der Waals surface area contributed by atoms with Crippen LogP contribution in [0.2, 0.25) is 10.2 Å². The van der Waals surface area contributed by atoms with Gasteiger partial charge in [-0.2, -0.15) is 0 Å². The van der Waals surface area contributed by atoms with Gasteiger partial charge in [-0.15, -0.1) is 0 Å². The number of hydrogen-bond acceptors (Lipinski definition) is 4. The van der Waals surface area contributed by atoms with Gasteiger partial charge in [-0.3, -0.25) is 4.72 Å². The van der Waals surface area contributed by atoms with Crippen molar-refractivity contribution in [3.63, 3.8) is 0 Å². The number of hydrogen-bond donors (Lipinski definition) is 1. The Morgan fingerprint density at radius 3 is 2.21 bits per heavy atom. The average molecular weight is 382 g/mol. The first-order valence-electron chi connectivity index (χ1n) is 6.99. The van der Waals surface area contributed by atoms with Crippen molar-refractivity contribution in [1.82, 2.24) is 9.97 Å². The molecule has 0 saturated carbocycles. The minimum Gasteiger partial charge on any atom is -0.261 e. The second-order valence-electron chi connectivity index (χ2n) is 5.35. The molecule has 124 valence electrons. The van der Waals surface area contributed by atoms with Crippen LogP contribution in [0.4, 0.5) is 5.82 Å². The maximum Gasteiger partial charge on any atom is 0.263 e. The quantitative estimate of drug-likeness (QED) is 0.731. The van der Waals surface area contributed by atoms with Crippen LogP contribution in [0.1, 0.15) is 11.1 Å². The molecule has 5 nitrogen and oxygen atoms in total. The van der Waals surface area contributed by atoms with Gasteiger partial charge in [0, 0.05) is 5.02 Å². The Kier molecular flexibility index (Phi) is 4.38. The molecule has 0 atom stereocenters. The summed E-state index contributed by atoms with van der Waals surface area (Å²) in [5, 5.41) is 0.302. The molecular formula is C16H13Cl2N3O2S. The van der Waals surface area contributed by atoms with Crippen LogP contribution in [0.15, 0.2) is 41.3 Å². The van der Waals surface area contributed by atoms with Crippen LogP contribution in [-0.4, -0.2) is 18.4 Å². The van der Waals surface area contributed by atoms with Crippen LogP contribution in [-0.2, 0) is 10.0 Å². The number of sulfonamides is 1. The van der Waals surface area contributed by atoms with Crippen LogP contribution >= 0.6 is 23.2 Å². The summed E-state index contributed by atoms with van der Waals surface area (Å²) in [6, 6.07) is 9.62. The Bertz CT molecular complexity index is 1050. The van der Waals surface area contributed by atoms with E-state index >= 15 is 0 Å². The van der Waals surface area contributed by atoms with Crippen molar-refractivity contribution in [2.24, 2.45) is 0 Å². The van der Waals surface area contributed by atoms with Crippen molar-refractivity contribution in [3.8, 4) is 0 Å². The number of anilines is 1. The Balaban J connectivity index is 2.06. The van der Waals surface area contributed by atoms with Crippen molar-refractivity contribution in [2.75, 3.05) is 4.72 Å². The van der Waals surface area contributed by atoms with Gasteiger partial charge in [0.05, 0.1) is 15.9 Å². The third-order valence-corrected chi connectivity index (χ3v) is 5.41. The van der Waals surface area contributed by atoms with Crippen molar-refractivity contribution in [2.45, 2.75) is 18.7 Å². The van der Waals surface area contributed by atoms with Gasteiger partial charge in [-0.05, 0) is 55.3 Å². The van der Waals surface area contributed by atoms with E-state index in [1.165, 1.54) is 12.1 Å². The van der Waals surface area contributed by atoms with Gasteiger partial charge in [0.1, 0.15) is 0 Å². The summed E-state index contributed by atoms with van der Waals surface area (Å²) < 4.78 is 27.3. The molecular weight excluding hydrogens is 369 g/mol. The van der Waals surface area contributed by atoms with Gasteiger partial charge in [0.25, 0.3) is 10.0 Å². The highest BCUT2D eigenvalue weighted by Crippen LogP contribution is 2.26. The minimum absolute atomic E-state index is 0.0173. The molecule has 0 bridgehead atoms. The largest absolute Gasteiger partial charge is 0.263 e. The maximum atomic E-state index is 12.5. The van der Waals surface area contributed by atoms with Gasteiger partial charge < -0.3 is 0 Å². The first-order valence-corrected chi connectivity index (χ1v) is 9.23. The molecule has 0 aliphatic rings. The van der Waals surface area contributed by atoms with Crippen molar-refractivity contribution >= 4 is 50.1 Å². The lowest BCUT2D eigenvalue weighted by atomic mass is 10.1. The molecule has 0 radical (unpaired) electrons. The molecule has 0 unspecified atom stereocenters. The summed E-state index contributed by atoms with van der Waals surface area (Å²) in [6.07, 6.45) is 0. The Morgan fingerprint density at radius 2 is 1.58 bits per heavy atom. The van der Waals surface area contributed by atoms with E-state index in [1.54, 1.807) is 12.1 Å². The molecule has 1 heterocycles. The molecule has 0 aliphatic carbocycles. The number of fused-ring (bicyclic) bond motifs is 1. The standard InChI is InChI=1S/C16H13Cl2N3O2S/c1-9-6-13-14(7-10(9)2)20-16(15(18)19-13)21-24(22,23)12-5-3-4-11(17)8-12/h3-8H,1-2H3,(H,20,21). The van der Waals surface area contributed by atoms with Gasteiger partial charge in [0.2, 0.25) is 0 Å². The SMILES string of the molecule is Cc1cc2nc(Cl)c(NS(=O)(=O)c3cccc(Cl)c3)nc2cc1C. The van der Waals surface area contributed by atoms with E-state index in [0.717, 1.165) is 11.1 Å². The van der Waals surface area contributed by atoms with Gasteiger partial charge in [0.15, 0.2) is 11.0 Å². The first kappa shape index (κ1) is 17.0. The Labute approximate surface area is 149 Å². The van der Waals surface area contributed by atoms with E-state index in [2.05, 4.69) is 14.7 Å². The number of nitrogens with zero attached hydrogens (tertiary/aromatic N) is 2. The van der Waals surface area contributed by atoms with Crippen LogP contribution in [0.25, 0.3) is 11.0 Å². The maximum absolute atomic E-state index is 12.5. The van der Waals surface area contributed by atoms with Crippen LogP contribution in [0.3, 0.4) is 0 Å². The van der Waals surface area contributed by atoms with Gasteiger partial charge in [-0.1, -0.05) is 29.3 Å². The number of aromatic nitrogens is 2. The smallest absolute Gasteiger partial charge is 0.261 e. The van der Waals surface area contributed by atoms with Crippen LogP contribution in [0, 0.1) is 13.8 Å². The van der Waals surface area contributed by atoms with E-state index in [1.807, 2.05) is 26.0 Å². The minimum atomic E-state index is -3.87. The lowest BCUT2D eigenvalue weighted by molar-refractivity contribution is 0.601. The van der Waals surface area contributed by atoms with Gasteiger partial charge >= 0.3 is 0 Å². The fourth-order valence-corrected chi connectivity index (χ4v) is 3.72. The van der Waals surface area contributed by atoms with Crippen molar-refractivity contribution in [1.29, 1.82) is 0 Å². The van der Waals surface area contributed by atoms with Crippen LogP contribution < -0.4 is 4.72 Å². The fourth-order valence-electron chi connectivity index (χ4n) is 2.18. The first-order chi connectivity index (χ1) is 11.3. The summed E-state index contributed by atoms with van der Waals surface area (Å²) in [4.78, 5) is 8.54. The van der Waals surface area contributed by atoms with E-state index in [0.29, 0.717) is 16.1 Å². The summed E-state index contributed by atoms with van der Waals surface area (Å²) in [5.41, 5.74) is 3.25. The highest BCUT2D eigenvalue weighted by Gasteiger charge is 2.18. The molecule has 1 aromatic heterocycles. The zero-order valence-corrected chi connectivity index (χ0v) is 15.2. The summed E-state index contributed by atoms with van der Waals surface area (Å²) in [6.45, 7) is 3.90. The molecule has 0 saturated heterocycles. The summed E-state index contributed by atoms with van der Waals surface area (Å²) >= 11 is 11.9. The zero-order valence-electron chi connectivity index (χ0n) is 12.8. The summed E-state index contributed by atoms with van der Waals surface area (Å²) in [7, 11) is -3.87. The van der Waals surface area contributed by atoms with E-state index in [4.69, 9.17) is 23.2 Å². The molecule has 0 aliphatic heterocycles. The predicted molar refractivity (Wildman–Crippen MR) is 96.3 cm³/mol. The molecule has 1 N–H and O–H groups in total. The predicted octanol–water partition coefficient (Wildman–Crippen LogP) is 4.35. The number of benzene rings is 2. The number of aryl methyl sites for hydroxylation is 2. The normalized spacial score (nSPS) is 11.7. The van der Waals surface area contributed by atoms with Crippen LogP contribution in [0.5, 0.6) is 0 Å². The van der Waals surface area contributed by atoms with E-state index in [-0.39, 0.29) is 15.9 Å². The third kappa shape index (κ3) is 3.31. The number of halogens is 2. The molecule has 24 heavy (non-hydrogen) atoms. The van der Waals surface area contributed by atoms with E-state index in [9.17, 15) is 8.42 Å². The lowest BCUT2D eigenvalue weighted by Gasteiger charge is -2.10. The lowest BCUT2D eigenvalue weighted by Crippen LogP contribution is -2.14. The van der Waals surface area contributed by atoms with E-state index < -0.39 is 10.0 Å². The molecule has 2 aromatic carbocycles. The second kappa shape index (κ2) is 6.20. The molecule has 3 aromatic rings. The topological polar surface area (TPSA) is 72.0 Å². The van der Waals surface area contributed by atoms with Gasteiger partial charge in [-0.25, -0.2) is 18.4 Å². The molecule has 0 fully saturated rings. The zero-order chi connectivity index (χ0) is 17.5. The Hall–Kier alpha value is -1.89. The average Bonchev–Trinajstić information content (AvgIpc) is 2.50. The number of rotatable bonds is 3. The number of nitrogens with one attached hydrogen (secondary N) is 1. The third-order valence-electron chi connectivity index (χ3n) is 3.57. The highest BCUT2D eigenvalue weighted by atomic mass is 35.5. The molecule has 0 spiro atoms. The highest BCUT2D eigenvalue weighted by molar-refractivity contribution is 7.92. The monoisotopic (exact) mass is 381 g/mol. The molecule has 8 heteroatoms.